The zero-order valence-electron chi connectivity index (χ0n) is 15.3. The molecule has 0 atom stereocenters. The first-order valence-electron chi connectivity index (χ1n) is 8.15. The number of hydrogen-bond acceptors (Lipinski definition) is 2. The maximum Gasteiger partial charge on any atom is 0.131 e. The summed E-state index contributed by atoms with van der Waals surface area (Å²) in [4.78, 5) is 0. The van der Waals surface area contributed by atoms with Crippen LogP contribution in [0.1, 0.15) is 49.9 Å². The zero-order chi connectivity index (χ0) is 18.0. The van der Waals surface area contributed by atoms with Gasteiger partial charge in [-0.15, -0.1) is 0 Å². The van der Waals surface area contributed by atoms with Gasteiger partial charge in [0.25, 0.3) is 0 Å². The van der Waals surface area contributed by atoms with Crippen molar-refractivity contribution in [3.63, 3.8) is 0 Å². The Morgan fingerprint density at radius 2 is 1.43 bits per heavy atom. The van der Waals surface area contributed by atoms with Gasteiger partial charge in [0.1, 0.15) is 17.2 Å². The van der Waals surface area contributed by atoms with Crippen molar-refractivity contribution in [2.75, 3.05) is 0 Å². The smallest absolute Gasteiger partial charge is 0.131 e. The molecule has 3 heteroatoms. The number of aryl methyl sites for hydroxylation is 1. The van der Waals surface area contributed by atoms with E-state index in [2.05, 4.69) is 15.9 Å². The van der Waals surface area contributed by atoms with E-state index in [9.17, 15) is 5.11 Å². The van der Waals surface area contributed by atoms with Crippen molar-refractivity contribution in [1.29, 1.82) is 0 Å². The maximum atomic E-state index is 9.89. The van der Waals surface area contributed by atoms with Crippen LogP contribution in [0.5, 0.6) is 17.2 Å². The largest absolute Gasteiger partial charge is 0.507 e. The van der Waals surface area contributed by atoms with Gasteiger partial charge < -0.3 is 9.84 Å². The van der Waals surface area contributed by atoms with Gasteiger partial charge >= 0.3 is 0 Å². The average molecular weight is 381 g/mol. The fourth-order valence-electron chi connectivity index (χ4n) is 1.91. The van der Waals surface area contributed by atoms with E-state index in [1.807, 2.05) is 78.8 Å². The quantitative estimate of drug-likeness (QED) is 0.577. The Labute approximate surface area is 149 Å². The molecule has 0 saturated carbocycles. The Morgan fingerprint density at radius 1 is 0.913 bits per heavy atom. The topological polar surface area (TPSA) is 29.5 Å². The predicted octanol–water partition coefficient (Wildman–Crippen LogP) is 7.06. The lowest BCUT2D eigenvalue weighted by molar-refractivity contribution is 0.454. The Balaban J connectivity index is 0.00000112. The average Bonchev–Trinajstić information content (AvgIpc) is 2.62. The molecule has 0 aliphatic rings. The van der Waals surface area contributed by atoms with Gasteiger partial charge in [0, 0.05) is 5.33 Å². The number of ether oxygens (including phenoxy) is 1. The van der Waals surface area contributed by atoms with E-state index in [0.29, 0.717) is 5.75 Å². The predicted molar refractivity (Wildman–Crippen MR) is 104 cm³/mol. The van der Waals surface area contributed by atoms with Crippen LogP contribution in [0.3, 0.4) is 0 Å². The monoisotopic (exact) mass is 380 g/mol. The van der Waals surface area contributed by atoms with Crippen molar-refractivity contribution in [3.05, 3.63) is 52.6 Å². The number of aromatic hydroxyl groups is 1. The van der Waals surface area contributed by atoms with Gasteiger partial charge in [-0.25, -0.2) is 0 Å². The fraction of sp³-hybridized carbons (Fsp3) is 0.400. The zero-order valence-corrected chi connectivity index (χ0v) is 16.9. The molecule has 0 fully saturated rings. The van der Waals surface area contributed by atoms with Crippen LogP contribution in [0.4, 0.5) is 0 Å². The molecule has 1 N–H and O–H groups in total. The molecule has 2 aromatic carbocycles. The third kappa shape index (κ3) is 5.91. The second kappa shape index (κ2) is 11.1. The van der Waals surface area contributed by atoms with Crippen LogP contribution < -0.4 is 4.74 Å². The summed E-state index contributed by atoms with van der Waals surface area (Å²) < 4.78 is 5.90. The Morgan fingerprint density at radius 3 is 1.91 bits per heavy atom. The molecule has 0 aliphatic carbocycles. The molecule has 2 rings (SSSR count). The number of alkyl halides is 1. The summed E-state index contributed by atoms with van der Waals surface area (Å²) in [5.74, 6) is 1.94. The highest BCUT2D eigenvalue weighted by Gasteiger charge is 2.10. The molecular formula is C20H29BrO2. The van der Waals surface area contributed by atoms with Gasteiger partial charge in [0.05, 0.1) is 0 Å². The number of benzene rings is 2. The number of rotatable bonds is 3. The molecule has 0 unspecified atom stereocenters. The number of phenols is 1. The Hall–Kier alpha value is -1.48. The Bertz CT molecular complexity index is 590. The van der Waals surface area contributed by atoms with Crippen LogP contribution in [0.25, 0.3) is 0 Å². The first-order valence-corrected chi connectivity index (χ1v) is 9.27. The number of hydrogen-bond donors (Lipinski definition) is 1. The molecule has 2 nitrogen and oxygen atoms in total. The summed E-state index contributed by atoms with van der Waals surface area (Å²) in [6, 6.07) is 9.83. The van der Waals surface area contributed by atoms with Crippen molar-refractivity contribution in [2.24, 2.45) is 0 Å². The highest BCUT2D eigenvalue weighted by Crippen LogP contribution is 2.34. The summed E-state index contributed by atoms with van der Waals surface area (Å²) in [7, 11) is 0. The lowest BCUT2D eigenvalue weighted by Crippen LogP contribution is -1.93. The highest BCUT2D eigenvalue weighted by molar-refractivity contribution is 9.08. The molecule has 0 saturated heterocycles. The third-order valence-corrected chi connectivity index (χ3v) is 3.96. The van der Waals surface area contributed by atoms with E-state index >= 15 is 0 Å². The molecular weight excluding hydrogens is 352 g/mol. The van der Waals surface area contributed by atoms with Crippen molar-refractivity contribution < 1.29 is 9.84 Å². The SMILES string of the molecule is CC.CC.Cc1cc(Oc2ccc(CBr)cc2)c(C)c(C)c1O. The first kappa shape index (κ1) is 21.5. The molecule has 0 bridgehead atoms. The third-order valence-electron chi connectivity index (χ3n) is 3.31. The molecule has 23 heavy (non-hydrogen) atoms. The lowest BCUT2D eigenvalue weighted by atomic mass is 10.0. The second-order valence-electron chi connectivity index (χ2n) is 4.67. The van der Waals surface area contributed by atoms with Crippen LogP contribution in [0, 0.1) is 20.8 Å². The minimum absolute atomic E-state index is 0.347. The van der Waals surface area contributed by atoms with Gasteiger partial charge in [-0.3, -0.25) is 0 Å². The van der Waals surface area contributed by atoms with Gasteiger partial charge in [0.2, 0.25) is 0 Å². The molecule has 0 aromatic heterocycles. The van der Waals surface area contributed by atoms with Crippen LogP contribution >= 0.6 is 15.9 Å². The van der Waals surface area contributed by atoms with E-state index in [1.54, 1.807) is 0 Å². The molecule has 0 amide bonds. The van der Waals surface area contributed by atoms with Crippen LogP contribution in [0.2, 0.25) is 0 Å². The molecule has 0 spiro atoms. The molecule has 128 valence electrons. The summed E-state index contributed by atoms with van der Waals surface area (Å²) in [6.07, 6.45) is 0. The molecule has 0 heterocycles. The minimum Gasteiger partial charge on any atom is -0.507 e. The lowest BCUT2D eigenvalue weighted by Gasteiger charge is -2.14. The minimum atomic E-state index is 0.347. The van der Waals surface area contributed by atoms with Crippen LogP contribution in [-0.4, -0.2) is 5.11 Å². The van der Waals surface area contributed by atoms with Crippen molar-refractivity contribution >= 4 is 15.9 Å². The van der Waals surface area contributed by atoms with Crippen molar-refractivity contribution in [2.45, 2.75) is 53.8 Å². The summed E-state index contributed by atoms with van der Waals surface area (Å²) in [5, 5.41) is 10.7. The van der Waals surface area contributed by atoms with E-state index in [-0.39, 0.29) is 0 Å². The molecule has 2 aromatic rings. The van der Waals surface area contributed by atoms with Gasteiger partial charge in [-0.1, -0.05) is 55.8 Å². The van der Waals surface area contributed by atoms with Gasteiger partial charge in [0.15, 0.2) is 0 Å². The van der Waals surface area contributed by atoms with Crippen molar-refractivity contribution in [1.82, 2.24) is 0 Å². The standard InChI is InChI=1S/C16H17BrO2.2C2H6/c1-10-8-15(11(2)12(3)16(10)18)19-14-6-4-13(9-17)5-7-14;2*1-2/h4-8,18H,9H2,1-3H3;2*1-2H3. The highest BCUT2D eigenvalue weighted by atomic mass is 79.9. The second-order valence-corrected chi connectivity index (χ2v) is 5.23. The van der Waals surface area contributed by atoms with Gasteiger partial charge in [-0.2, -0.15) is 0 Å². The molecule has 0 radical (unpaired) electrons. The van der Waals surface area contributed by atoms with Crippen molar-refractivity contribution in [3.8, 4) is 17.2 Å². The van der Waals surface area contributed by atoms with Crippen LogP contribution in [0.15, 0.2) is 30.3 Å². The molecule has 0 aliphatic heterocycles. The number of phenolic OH excluding ortho intramolecular Hbond substituents is 1. The number of halogens is 1. The fourth-order valence-corrected chi connectivity index (χ4v) is 2.28. The van der Waals surface area contributed by atoms with E-state index in [0.717, 1.165) is 33.5 Å². The van der Waals surface area contributed by atoms with E-state index in [4.69, 9.17) is 4.74 Å². The van der Waals surface area contributed by atoms with Gasteiger partial charge in [-0.05, 0) is 61.2 Å². The van der Waals surface area contributed by atoms with E-state index < -0.39 is 0 Å². The summed E-state index contributed by atoms with van der Waals surface area (Å²) in [6.45, 7) is 13.7. The normalized spacial score (nSPS) is 9.22. The summed E-state index contributed by atoms with van der Waals surface area (Å²) >= 11 is 3.42. The maximum absolute atomic E-state index is 9.89. The van der Waals surface area contributed by atoms with E-state index in [1.165, 1.54) is 5.56 Å². The van der Waals surface area contributed by atoms with Crippen LogP contribution in [-0.2, 0) is 5.33 Å². The Kier molecular flexibility index (Phi) is 10.4. The summed E-state index contributed by atoms with van der Waals surface area (Å²) in [5.41, 5.74) is 3.87. The first-order chi connectivity index (χ1) is 11.0.